The summed E-state index contributed by atoms with van der Waals surface area (Å²) in [7, 11) is -3.21. The van der Waals surface area contributed by atoms with E-state index >= 15 is 0 Å². The van der Waals surface area contributed by atoms with Crippen molar-refractivity contribution >= 4 is 15.7 Å². The first kappa shape index (κ1) is 14.9. The maximum Gasteiger partial charge on any atom is 0.232 e. The number of nitrogens with one attached hydrogen (secondary N) is 2. The molecule has 116 valence electrons. The van der Waals surface area contributed by atoms with Crippen LogP contribution in [0.15, 0.2) is 24.3 Å². The fraction of sp³-hybridized carbons (Fsp3) is 0.625. The van der Waals surface area contributed by atoms with Crippen molar-refractivity contribution in [2.75, 3.05) is 23.6 Å². The maximum absolute atomic E-state index is 11.9. The molecule has 0 spiro atoms. The highest BCUT2D eigenvalue weighted by atomic mass is 32.2. The van der Waals surface area contributed by atoms with Crippen LogP contribution in [0, 0.1) is 11.8 Å². The van der Waals surface area contributed by atoms with E-state index in [2.05, 4.69) is 23.0 Å². The summed E-state index contributed by atoms with van der Waals surface area (Å²) in [5.41, 5.74) is 2.25. The zero-order valence-electron chi connectivity index (χ0n) is 12.7. The number of sulfonamides is 1. The molecule has 1 saturated heterocycles. The van der Waals surface area contributed by atoms with Gasteiger partial charge in [-0.3, -0.25) is 4.72 Å². The molecule has 21 heavy (non-hydrogen) atoms. The fourth-order valence-corrected chi connectivity index (χ4v) is 5.30. The zero-order valence-corrected chi connectivity index (χ0v) is 13.5. The largest absolute Gasteiger partial charge is 0.316 e. The van der Waals surface area contributed by atoms with Crippen LogP contribution in [0.5, 0.6) is 0 Å². The van der Waals surface area contributed by atoms with E-state index < -0.39 is 10.0 Å². The molecule has 0 aromatic heterocycles. The molecule has 1 aromatic carbocycles. The van der Waals surface area contributed by atoms with Crippen molar-refractivity contribution in [3.8, 4) is 0 Å². The highest BCUT2D eigenvalue weighted by Gasteiger charge is 2.65. The van der Waals surface area contributed by atoms with Gasteiger partial charge >= 0.3 is 0 Å². The Kier molecular flexibility index (Phi) is 3.74. The summed E-state index contributed by atoms with van der Waals surface area (Å²) in [6.07, 6.45) is 1.75. The van der Waals surface area contributed by atoms with E-state index in [1.54, 1.807) is 0 Å². The molecule has 0 radical (unpaired) electrons. The van der Waals surface area contributed by atoms with Gasteiger partial charge in [0.1, 0.15) is 0 Å². The number of fused-ring (bicyclic) bond motifs is 1. The van der Waals surface area contributed by atoms with Crippen LogP contribution in [-0.4, -0.2) is 27.3 Å². The van der Waals surface area contributed by atoms with Crippen LogP contribution >= 0.6 is 0 Å². The second-order valence-corrected chi connectivity index (χ2v) is 8.11. The third kappa shape index (κ3) is 2.46. The van der Waals surface area contributed by atoms with Gasteiger partial charge in [0, 0.05) is 11.1 Å². The molecular formula is C16H24N2O2S. The fourth-order valence-electron chi connectivity index (χ4n) is 4.18. The van der Waals surface area contributed by atoms with Gasteiger partial charge in [-0.05, 0) is 55.5 Å². The molecule has 2 fully saturated rings. The molecular weight excluding hydrogens is 284 g/mol. The number of benzene rings is 1. The average molecular weight is 308 g/mol. The lowest BCUT2D eigenvalue weighted by Gasteiger charge is -2.21. The molecule has 3 rings (SSSR count). The Hall–Kier alpha value is -1.07. The van der Waals surface area contributed by atoms with E-state index in [0.29, 0.717) is 23.9 Å². The summed E-state index contributed by atoms with van der Waals surface area (Å²) in [6, 6.07) is 8.00. The summed E-state index contributed by atoms with van der Waals surface area (Å²) < 4.78 is 26.5. The lowest BCUT2D eigenvalue weighted by atomic mass is 9.87. The quantitative estimate of drug-likeness (QED) is 0.848. The van der Waals surface area contributed by atoms with Gasteiger partial charge in [-0.1, -0.05) is 26.0 Å². The Bertz CT molecular complexity index is 617. The van der Waals surface area contributed by atoms with Crippen LogP contribution in [0.1, 0.15) is 32.3 Å². The Morgan fingerprint density at radius 2 is 2.00 bits per heavy atom. The second kappa shape index (κ2) is 5.29. The third-order valence-corrected chi connectivity index (χ3v) is 6.65. The van der Waals surface area contributed by atoms with Crippen molar-refractivity contribution in [1.29, 1.82) is 0 Å². The molecule has 2 aliphatic rings. The molecule has 1 heterocycles. The average Bonchev–Trinajstić information content (AvgIpc) is 2.79. The summed E-state index contributed by atoms with van der Waals surface area (Å²) >= 11 is 0. The van der Waals surface area contributed by atoms with E-state index in [1.165, 1.54) is 5.56 Å². The van der Waals surface area contributed by atoms with Crippen LogP contribution in [0.4, 0.5) is 5.69 Å². The van der Waals surface area contributed by atoms with Crippen molar-refractivity contribution in [2.45, 2.75) is 32.1 Å². The molecule has 1 aliphatic carbocycles. The summed E-state index contributed by atoms with van der Waals surface area (Å²) in [5, 5.41) is 3.44. The van der Waals surface area contributed by atoms with E-state index in [9.17, 15) is 8.42 Å². The molecule has 0 amide bonds. The predicted molar refractivity (Wildman–Crippen MR) is 86.0 cm³/mol. The predicted octanol–water partition coefficient (Wildman–Crippen LogP) is 2.34. The van der Waals surface area contributed by atoms with Gasteiger partial charge < -0.3 is 5.32 Å². The Labute approximate surface area is 127 Å². The molecule has 2 atom stereocenters. The Morgan fingerprint density at radius 3 is 2.62 bits per heavy atom. The maximum atomic E-state index is 11.9. The lowest BCUT2D eigenvalue weighted by molar-refractivity contribution is 0.502. The Morgan fingerprint density at radius 1 is 1.29 bits per heavy atom. The van der Waals surface area contributed by atoms with E-state index in [-0.39, 0.29) is 11.2 Å². The first-order chi connectivity index (χ1) is 10.0. The smallest absolute Gasteiger partial charge is 0.232 e. The topological polar surface area (TPSA) is 58.2 Å². The van der Waals surface area contributed by atoms with Crippen molar-refractivity contribution in [3.63, 3.8) is 0 Å². The first-order valence-corrected chi connectivity index (χ1v) is 9.50. The van der Waals surface area contributed by atoms with E-state index in [4.69, 9.17) is 0 Å². The van der Waals surface area contributed by atoms with Crippen molar-refractivity contribution in [1.82, 2.24) is 5.32 Å². The van der Waals surface area contributed by atoms with Crippen LogP contribution in [0.3, 0.4) is 0 Å². The number of piperidine rings is 1. The number of rotatable bonds is 6. The molecule has 2 unspecified atom stereocenters. The number of anilines is 1. The van der Waals surface area contributed by atoms with Gasteiger partial charge in [0.25, 0.3) is 0 Å². The summed E-state index contributed by atoms with van der Waals surface area (Å²) in [5.74, 6) is 1.60. The molecule has 1 aliphatic heterocycles. The minimum absolute atomic E-state index is 0.172. The second-order valence-electron chi connectivity index (χ2n) is 6.27. The first-order valence-electron chi connectivity index (χ1n) is 7.85. The minimum Gasteiger partial charge on any atom is -0.316 e. The van der Waals surface area contributed by atoms with Crippen molar-refractivity contribution in [2.24, 2.45) is 11.8 Å². The minimum atomic E-state index is -3.21. The summed E-state index contributed by atoms with van der Waals surface area (Å²) in [6.45, 7) is 6.29. The highest BCUT2D eigenvalue weighted by Crippen LogP contribution is 2.63. The molecule has 1 aromatic rings. The van der Waals surface area contributed by atoms with Gasteiger partial charge in [-0.2, -0.15) is 0 Å². The van der Waals surface area contributed by atoms with Gasteiger partial charge in [-0.15, -0.1) is 0 Å². The number of hydrogen-bond acceptors (Lipinski definition) is 3. The van der Waals surface area contributed by atoms with Gasteiger partial charge in [0.05, 0.1) is 5.75 Å². The van der Waals surface area contributed by atoms with Gasteiger partial charge in [0.15, 0.2) is 0 Å². The molecule has 1 saturated carbocycles. The van der Waals surface area contributed by atoms with Crippen LogP contribution in [-0.2, 0) is 15.4 Å². The molecule has 4 nitrogen and oxygen atoms in total. The standard InChI is InChI=1S/C16H24N2O2S/c1-3-8-21(19,20)18-13-7-5-6-12(9-13)16(4-2)14-10-17-11-15(14)16/h5-7,9,14-15,17-18H,3-4,8,10-11H2,1-2H3. The van der Waals surface area contributed by atoms with Crippen LogP contribution < -0.4 is 10.0 Å². The normalized spacial score (nSPS) is 31.0. The van der Waals surface area contributed by atoms with Gasteiger partial charge in [-0.25, -0.2) is 8.42 Å². The zero-order chi connectivity index (χ0) is 15.1. The van der Waals surface area contributed by atoms with Crippen molar-refractivity contribution < 1.29 is 8.42 Å². The van der Waals surface area contributed by atoms with Gasteiger partial charge in [0.2, 0.25) is 10.0 Å². The highest BCUT2D eigenvalue weighted by molar-refractivity contribution is 7.92. The van der Waals surface area contributed by atoms with Crippen LogP contribution in [0.2, 0.25) is 0 Å². The molecule has 2 N–H and O–H groups in total. The van der Waals surface area contributed by atoms with Crippen LogP contribution in [0.25, 0.3) is 0 Å². The van der Waals surface area contributed by atoms with E-state index in [1.807, 2.05) is 25.1 Å². The Balaban J connectivity index is 1.84. The molecule has 5 heteroatoms. The lowest BCUT2D eigenvalue weighted by Crippen LogP contribution is -2.25. The van der Waals surface area contributed by atoms with Crippen molar-refractivity contribution in [3.05, 3.63) is 29.8 Å². The molecule has 0 bridgehead atoms. The van der Waals surface area contributed by atoms with E-state index in [0.717, 1.165) is 19.5 Å². The summed E-state index contributed by atoms with van der Waals surface area (Å²) in [4.78, 5) is 0. The SMILES string of the molecule is CCCS(=O)(=O)Nc1cccc(C2(CC)C3CNCC32)c1. The number of hydrogen-bond donors (Lipinski definition) is 2. The third-order valence-electron chi connectivity index (χ3n) is 5.16. The monoisotopic (exact) mass is 308 g/mol.